The molecule has 0 N–H and O–H groups in total. The molecule has 0 saturated heterocycles. The zero-order valence-electron chi connectivity index (χ0n) is 7.03. The van der Waals surface area contributed by atoms with Gasteiger partial charge in [0.15, 0.2) is 0 Å². The summed E-state index contributed by atoms with van der Waals surface area (Å²) in [6, 6.07) is 12.0. The Morgan fingerprint density at radius 1 is 0.917 bits per heavy atom. The Labute approximate surface area is 95.8 Å². The molecule has 0 aliphatic rings. The monoisotopic (exact) mass is 244 g/mol. The van der Waals surface area contributed by atoms with Gasteiger partial charge in [-0.15, -0.1) is 37.2 Å². The third kappa shape index (κ3) is 6.98. The molecule has 1 aromatic carbocycles. The third-order valence-electron chi connectivity index (χ3n) is 1.38. The Morgan fingerprint density at radius 2 is 1.42 bits per heavy atom. The van der Waals surface area contributed by atoms with Gasteiger partial charge in [0.05, 0.1) is 0 Å². The molecule has 0 bridgehead atoms. The molecule has 0 atom stereocenters. The quantitative estimate of drug-likeness (QED) is 0.702. The van der Waals surface area contributed by atoms with Crippen molar-refractivity contribution in [1.29, 1.82) is 0 Å². The Morgan fingerprint density at radius 3 is 1.83 bits per heavy atom. The van der Waals surface area contributed by atoms with Gasteiger partial charge in [0.1, 0.15) is 0 Å². The fourth-order valence-corrected chi connectivity index (χ4v) is 1.51. The van der Waals surface area contributed by atoms with Gasteiger partial charge in [-0.3, -0.25) is 0 Å². The van der Waals surface area contributed by atoms with Gasteiger partial charge in [-0.1, -0.05) is 36.4 Å². The van der Waals surface area contributed by atoms with E-state index in [1.165, 1.54) is 28.3 Å². The molecule has 0 radical (unpaired) electrons. The van der Waals surface area contributed by atoms with Crippen molar-refractivity contribution in [3.8, 4) is 0 Å². The van der Waals surface area contributed by atoms with Crippen LogP contribution in [0.2, 0.25) is 6.04 Å². The van der Waals surface area contributed by atoms with Crippen molar-refractivity contribution in [1.82, 2.24) is 0 Å². The lowest BCUT2D eigenvalue weighted by Gasteiger charge is -1.93. The second-order valence-electron chi connectivity index (χ2n) is 2.24. The van der Waals surface area contributed by atoms with E-state index in [1.54, 1.807) is 0 Å². The molecular formula is C8H15Cl3Si. The average molecular weight is 246 g/mol. The highest BCUT2D eigenvalue weighted by Gasteiger charge is 1.84. The highest BCUT2D eigenvalue weighted by molar-refractivity contribution is 6.08. The van der Waals surface area contributed by atoms with Crippen LogP contribution < -0.4 is 0 Å². The summed E-state index contributed by atoms with van der Waals surface area (Å²) in [5, 5.41) is 0. The normalized spacial score (nSPS) is 7.33. The molecule has 0 spiro atoms. The van der Waals surface area contributed by atoms with Crippen LogP contribution in [0.4, 0.5) is 0 Å². The summed E-state index contributed by atoms with van der Waals surface area (Å²) in [4.78, 5) is 0. The number of hydrogen-bond donors (Lipinski definition) is 0. The Kier molecular flexibility index (Phi) is 17.1. The maximum Gasteiger partial charge on any atom is 0.00321 e. The predicted octanol–water partition coefficient (Wildman–Crippen LogP) is 2.28. The van der Waals surface area contributed by atoms with Crippen LogP contribution in [0, 0.1) is 0 Å². The molecule has 0 aliphatic carbocycles. The summed E-state index contributed by atoms with van der Waals surface area (Å²) in [5.41, 5.74) is 1.48. The van der Waals surface area contributed by atoms with E-state index in [0.29, 0.717) is 0 Å². The van der Waals surface area contributed by atoms with Crippen LogP contribution in [0.1, 0.15) is 5.56 Å². The van der Waals surface area contributed by atoms with E-state index >= 15 is 0 Å². The molecule has 4 heteroatoms. The maximum atomic E-state index is 2.19. The van der Waals surface area contributed by atoms with Crippen LogP contribution in [0.15, 0.2) is 30.3 Å². The molecule has 1 rings (SSSR count). The van der Waals surface area contributed by atoms with Crippen molar-refractivity contribution < 1.29 is 0 Å². The fourth-order valence-electron chi connectivity index (χ4n) is 0.933. The predicted molar refractivity (Wildman–Crippen MR) is 66.6 cm³/mol. The van der Waals surface area contributed by atoms with Gasteiger partial charge >= 0.3 is 0 Å². The van der Waals surface area contributed by atoms with Gasteiger partial charge in [-0.25, -0.2) is 0 Å². The molecule has 0 aromatic heterocycles. The SMILES string of the molecule is Cl.Cl.Cl.[SiH3]CCc1ccccc1. The van der Waals surface area contributed by atoms with Crippen molar-refractivity contribution in [3.63, 3.8) is 0 Å². The molecule has 12 heavy (non-hydrogen) atoms. The molecule has 0 amide bonds. The second kappa shape index (κ2) is 11.3. The molecular weight excluding hydrogens is 231 g/mol. The number of aryl methyl sites for hydroxylation is 1. The summed E-state index contributed by atoms with van der Waals surface area (Å²) in [5.74, 6) is 0. The van der Waals surface area contributed by atoms with Crippen LogP contribution in [-0.2, 0) is 6.42 Å². The lowest BCUT2D eigenvalue weighted by atomic mass is 10.2. The first-order valence-electron chi connectivity index (χ1n) is 3.47. The molecule has 0 aliphatic heterocycles. The summed E-state index contributed by atoms with van der Waals surface area (Å²) in [6.45, 7) is 0. The van der Waals surface area contributed by atoms with E-state index in [2.05, 4.69) is 30.3 Å². The van der Waals surface area contributed by atoms with Crippen molar-refractivity contribution in [2.24, 2.45) is 0 Å². The molecule has 72 valence electrons. The Balaban J connectivity index is -0.000000270. The summed E-state index contributed by atoms with van der Waals surface area (Å²) in [6.07, 6.45) is 1.27. The Bertz CT molecular complexity index is 167. The van der Waals surface area contributed by atoms with E-state index in [9.17, 15) is 0 Å². The maximum absolute atomic E-state index is 2.19. The van der Waals surface area contributed by atoms with Gasteiger partial charge in [-0.05, 0) is 12.0 Å². The third-order valence-corrected chi connectivity index (χ3v) is 1.88. The van der Waals surface area contributed by atoms with Crippen LogP contribution in [-0.4, -0.2) is 10.2 Å². The first-order valence-corrected chi connectivity index (χ1v) is 4.89. The van der Waals surface area contributed by atoms with Crippen molar-refractivity contribution in [3.05, 3.63) is 35.9 Å². The number of halogens is 3. The standard InChI is InChI=1S/C8H12Si.3ClH/c9-7-6-8-4-2-1-3-5-8;;;/h1-5H,6-7H2,9H3;3*1H. The van der Waals surface area contributed by atoms with Gasteiger partial charge in [0.2, 0.25) is 0 Å². The smallest absolute Gasteiger partial charge is 0.00321 e. The minimum absolute atomic E-state index is 0. The molecule has 0 unspecified atom stereocenters. The van der Waals surface area contributed by atoms with E-state index in [1.807, 2.05) is 0 Å². The van der Waals surface area contributed by atoms with Crippen LogP contribution in [0.5, 0.6) is 0 Å². The first kappa shape index (κ1) is 18.2. The van der Waals surface area contributed by atoms with Crippen LogP contribution in [0.25, 0.3) is 0 Å². The van der Waals surface area contributed by atoms with Crippen molar-refractivity contribution >= 4 is 47.5 Å². The zero-order valence-corrected chi connectivity index (χ0v) is 11.5. The van der Waals surface area contributed by atoms with Gasteiger partial charge in [0.25, 0.3) is 0 Å². The average Bonchev–Trinajstić information content (AvgIpc) is 1.91. The largest absolute Gasteiger partial charge is 0.147 e. The highest BCUT2D eigenvalue weighted by Crippen LogP contribution is 1.99. The fraction of sp³-hybridized carbons (Fsp3) is 0.250. The minimum atomic E-state index is 0. The second-order valence-corrected chi connectivity index (χ2v) is 3.24. The van der Waals surface area contributed by atoms with E-state index in [4.69, 9.17) is 0 Å². The minimum Gasteiger partial charge on any atom is -0.147 e. The Hall–Kier alpha value is 0.307. The number of rotatable bonds is 2. The van der Waals surface area contributed by atoms with Crippen LogP contribution in [0.3, 0.4) is 0 Å². The van der Waals surface area contributed by atoms with Crippen molar-refractivity contribution in [2.45, 2.75) is 12.5 Å². The first-order chi connectivity index (χ1) is 4.43. The topological polar surface area (TPSA) is 0 Å². The number of benzene rings is 1. The van der Waals surface area contributed by atoms with Crippen LogP contribution >= 0.6 is 37.2 Å². The van der Waals surface area contributed by atoms with Gasteiger partial charge in [0, 0.05) is 10.2 Å². The number of hydrogen-bond acceptors (Lipinski definition) is 0. The summed E-state index contributed by atoms with van der Waals surface area (Å²) < 4.78 is 0. The van der Waals surface area contributed by atoms with E-state index in [-0.39, 0.29) is 37.2 Å². The molecule has 0 heterocycles. The van der Waals surface area contributed by atoms with E-state index in [0.717, 1.165) is 0 Å². The lowest BCUT2D eigenvalue weighted by molar-refractivity contribution is 1.13. The van der Waals surface area contributed by atoms with E-state index < -0.39 is 0 Å². The summed E-state index contributed by atoms with van der Waals surface area (Å²) in [7, 11) is 1.32. The molecule has 0 saturated carbocycles. The molecule has 0 nitrogen and oxygen atoms in total. The molecule has 1 aromatic rings. The van der Waals surface area contributed by atoms with Crippen molar-refractivity contribution in [2.75, 3.05) is 0 Å². The summed E-state index contributed by atoms with van der Waals surface area (Å²) >= 11 is 0. The molecule has 0 fully saturated rings. The highest BCUT2D eigenvalue weighted by atomic mass is 35.5. The lowest BCUT2D eigenvalue weighted by Crippen LogP contribution is -1.80. The van der Waals surface area contributed by atoms with Gasteiger partial charge in [-0.2, -0.15) is 0 Å². The zero-order chi connectivity index (χ0) is 6.53. The van der Waals surface area contributed by atoms with Gasteiger partial charge < -0.3 is 0 Å².